The normalized spacial score (nSPS) is 16.0. The molecule has 2 aromatic heterocycles. The summed E-state index contributed by atoms with van der Waals surface area (Å²) in [4.78, 5) is 4.71. The standard InChI is InChI=1S/C23H30N4O3/c1-15-6-4-5-7-21(15)30-14-19(28)13-24-23-16(2)17(3)25-22-12-20(26-27(22)23)18-8-10-29-11-9-18/h4-7,12,18-19,24,28H,8-11,13-14H2,1-3H3/t19-/m0/s1. The summed E-state index contributed by atoms with van der Waals surface area (Å²) >= 11 is 0. The smallest absolute Gasteiger partial charge is 0.157 e. The van der Waals surface area contributed by atoms with Gasteiger partial charge in [-0.05, 0) is 45.2 Å². The molecule has 0 saturated carbocycles. The van der Waals surface area contributed by atoms with Crippen LogP contribution in [0.1, 0.15) is 41.3 Å². The van der Waals surface area contributed by atoms with E-state index in [0.717, 1.165) is 65.8 Å². The van der Waals surface area contributed by atoms with Gasteiger partial charge in [-0.3, -0.25) is 0 Å². The molecule has 7 heteroatoms. The third-order valence-corrected chi connectivity index (χ3v) is 5.77. The van der Waals surface area contributed by atoms with Crippen molar-refractivity contribution in [3.8, 4) is 5.75 Å². The van der Waals surface area contributed by atoms with E-state index in [1.54, 1.807) is 0 Å². The van der Waals surface area contributed by atoms with Crippen LogP contribution in [0.3, 0.4) is 0 Å². The molecule has 1 aliphatic rings. The van der Waals surface area contributed by atoms with Crippen LogP contribution >= 0.6 is 0 Å². The van der Waals surface area contributed by atoms with E-state index in [-0.39, 0.29) is 6.61 Å². The first-order valence-corrected chi connectivity index (χ1v) is 10.6. The molecular formula is C23H30N4O3. The minimum absolute atomic E-state index is 0.219. The lowest BCUT2D eigenvalue weighted by Gasteiger charge is -2.20. The van der Waals surface area contributed by atoms with Gasteiger partial charge < -0.3 is 19.9 Å². The molecule has 7 nitrogen and oxygen atoms in total. The molecule has 0 aliphatic carbocycles. The first-order valence-electron chi connectivity index (χ1n) is 10.6. The summed E-state index contributed by atoms with van der Waals surface area (Å²) in [5.41, 5.74) is 4.91. The fourth-order valence-electron chi connectivity index (χ4n) is 3.80. The lowest BCUT2D eigenvalue weighted by molar-refractivity contribution is 0.0844. The summed E-state index contributed by atoms with van der Waals surface area (Å²) in [6.45, 7) is 8.15. The average Bonchev–Trinajstić information content (AvgIpc) is 3.17. The monoisotopic (exact) mass is 410 g/mol. The maximum Gasteiger partial charge on any atom is 0.157 e. The van der Waals surface area contributed by atoms with Crippen LogP contribution < -0.4 is 10.1 Å². The predicted octanol–water partition coefficient (Wildman–Crippen LogP) is 3.40. The highest BCUT2D eigenvalue weighted by molar-refractivity contribution is 5.56. The predicted molar refractivity (Wildman–Crippen MR) is 116 cm³/mol. The van der Waals surface area contributed by atoms with Crippen molar-refractivity contribution in [1.29, 1.82) is 0 Å². The van der Waals surface area contributed by atoms with Gasteiger partial charge in [-0.1, -0.05) is 18.2 Å². The highest BCUT2D eigenvalue weighted by Gasteiger charge is 2.21. The fraction of sp³-hybridized carbons (Fsp3) is 0.478. The average molecular weight is 411 g/mol. The zero-order chi connectivity index (χ0) is 21.1. The number of ether oxygens (including phenoxy) is 2. The molecule has 1 fully saturated rings. The molecule has 3 aromatic rings. The highest BCUT2D eigenvalue weighted by atomic mass is 16.5. The van der Waals surface area contributed by atoms with E-state index in [1.807, 2.05) is 49.6 Å². The number of aliphatic hydroxyl groups excluding tert-OH is 1. The molecule has 1 aliphatic heterocycles. The number of fused-ring (bicyclic) bond motifs is 1. The Labute approximate surface area is 177 Å². The molecule has 0 spiro atoms. The molecule has 0 radical (unpaired) electrons. The van der Waals surface area contributed by atoms with Gasteiger partial charge in [-0.15, -0.1) is 0 Å². The summed E-state index contributed by atoms with van der Waals surface area (Å²) in [5, 5.41) is 18.7. The number of aryl methyl sites for hydroxylation is 2. The summed E-state index contributed by atoms with van der Waals surface area (Å²) in [6, 6.07) is 9.88. The van der Waals surface area contributed by atoms with Crippen molar-refractivity contribution in [2.75, 3.05) is 31.7 Å². The highest BCUT2D eigenvalue weighted by Crippen LogP contribution is 2.28. The van der Waals surface area contributed by atoms with Gasteiger partial charge in [0.05, 0.1) is 5.69 Å². The summed E-state index contributed by atoms with van der Waals surface area (Å²) in [7, 11) is 0. The molecule has 0 amide bonds. The van der Waals surface area contributed by atoms with Crippen LogP contribution in [0, 0.1) is 20.8 Å². The van der Waals surface area contributed by atoms with Crippen LogP contribution in [0.5, 0.6) is 5.75 Å². The quantitative estimate of drug-likeness (QED) is 0.621. The van der Waals surface area contributed by atoms with E-state index in [1.165, 1.54) is 0 Å². The molecule has 4 rings (SSSR count). The van der Waals surface area contributed by atoms with Crippen molar-refractivity contribution >= 4 is 11.5 Å². The van der Waals surface area contributed by atoms with Crippen molar-refractivity contribution in [3.05, 3.63) is 52.8 Å². The van der Waals surface area contributed by atoms with Gasteiger partial charge in [0, 0.05) is 43.0 Å². The number of benzene rings is 1. The second-order valence-corrected chi connectivity index (χ2v) is 8.01. The Morgan fingerprint density at radius 2 is 2.00 bits per heavy atom. The Morgan fingerprint density at radius 1 is 1.23 bits per heavy atom. The SMILES string of the molecule is Cc1ccccc1OC[C@@H](O)CNc1c(C)c(C)nc2cc(C3CCOCC3)nn12. The van der Waals surface area contributed by atoms with Gasteiger partial charge in [0.15, 0.2) is 5.65 Å². The van der Waals surface area contributed by atoms with Crippen LogP contribution in [0.25, 0.3) is 5.65 Å². The summed E-state index contributed by atoms with van der Waals surface area (Å²) < 4.78 is 13.1. The number of anilines is 1. The Balaban J connectivity index is 1.47. The minimum Gasteiger partial charge on any atom is -0.491 e. The molecule has 1 aromatic carbocycles. The van der Waals surface area contributed by atoms with Gasteiger partial charge in [0.25, 0.3) is 0 Å². The molecular weight excluding hydrogens is 380 g/mol. The Hall–Kier alpha value is -2.64. The van der Waals surface area contributed by atoms with Gasteiger partial charge >= 0.3 is 0 Å². The van der Waals surface area contributed by atoms with Gasteiger partial charge in [0.1, 0.15) is 24.3 Å². The molecule has 3 heterocycles. The number of nitrogens with zero attached hydrogens (tertiary/aromatic N) is 3. The van der Waals surface area contributed by atoms with Crippen LogP contribution in [0.2, 0.25) is 0 Å². The van der Waals surface area contributed by atoms with Crippen molar-refractivity contribution in [2.45, 2.75) is 45.6 Å². The molecule has 1 atom stereocenters. The van der Waals surface area contributed by atoms with Crippen molar-refractivity contribution in [3.63, 3.8) is 0 Å². The number of nitrogens with one attached hydrogen (secondary N) is 1. The van der Waals surface area contributed by atoms with Crippen LogP contribution in [0.4, 0.5) is 5.82 Å². The second kappa shape index (κ2) is 9.02. The minimum atomic E-state index is -0.655. The second-order valence-electron chi connectivity index (χ2n) is 8.01. The molecule has 30 heavy (non-hydrogen) atoms. The molecule has 0 bridgehead atoms. The van der Waals surface area contributed by atoms with E-state index in [4.69, 9.17) is 19.6 Å². The van der Waals surface area contributed by atoms with Crippen LogP contribution in [0.15, 0.2) is 30.3 Å². The number of hydrogen-bond acceptors (Lipinski definition) is 6. The first kappa shape index (κ1) is 20.6. The van der Waals surface area contributed by atoms with E-state index < -0.39 is 6.10 Å². The number of aromatic nitrogens is 3. The Morgan fingerprint density at radius 3 is 2.77 bits per heavy atom. The molecule has 0 unspecified atom stereocenters. The lowest BCUT2D eigenvalue weighted by atomic mass is 9.97. The van der Waals surface area contributed by atoms with Gasteiger partial charge in [0.2, 0.25) is 0 Å². The molecule has 2 N–H and O–H groups in total. The third-order valence-electron chi connectivity index (χ3n) is 5.77. The maximum absolute atomic E-state index is 10.5. The van der Waals surface area contributed by atoms with Crippen molar-refractivity contribution in [2.24, 2.45) is 0 Å². The van der Waals surface area contributed by atoms with Crippen LogP contribution in [-0.2, 0) is 4.74 Å². The number of rotatable bonds is 7. The van der Waals surface area contributed by atoms with Gasteiger partial charge in [-0.2, -0.15) is 9.61 Å². The third kappa shape index (κ3) is 4.42. The van der Waals surface area contributed by atoms with Crippen LogP contribution in [-0.4, -0.2) is 52.2 Å². The topological polar surface area (TPSA) is 80.9 Å². The maximum atomic E-state index is 10.5. The zero-order valence-corrected chi connectivity index (χ0v) is 17.9. The number of para-hydroxylation sites is 1. The Bertz CT molecular complexity index is 1010. The molecule has 1 saturated heterocycles. The van der Waals surface area contributed by atoms with Crippen molar-refractivity contribution in [1.82, 2.24) is 14.6 Å². The largest absolute Gasteiger partial charge is 0.491 e. The zero-order valence-electron chi connectivity index (χ0n) is 17.9. The van der Waals surface area contributed by atoms with E-state index in [0.29, 0.717) is 12.5 Å². The van der Waals surface area contributed by atoms with E-state index in [2.05, 4.69) is 11.4 Å². The first-order chi connectivity index (χ1) is 14.5. The number of hydrogen-bond donors (Lipinski definition) is 2. The van der Waals surface area contributed by atoms with Gasteiger partial charge in [-0.25, -0.2) is 4.98 Å². The number of aliphatic hydroxyl groups is 1. The summed E-state index contributed by atoms with van der Waals surface area (Å²) in [6.07, 6.45) is 1.32. The Kier molecular flexibility index (Phi) is 6.20. The fourth-order valence-corrected chi connectivity index (χ4v) is 3.80. The molecule has 160 valence electrons. The van der Waals surface area contributed by atoms with E-state index >= 15 is 0 Å². The van der Waals surface area contributed by atoms with Crippen molar-refractivity contribution < 1.29 is 14.6 Å². The lowest BCUT2D eigenvalue weighted by Crippen LogP contribution is -2.27. The van der Waals surface area contributed by atoms with E-state index in [9.17, 15) is 5.11 Å². The summed E-state index contributed by atoms with van der Waals surface area (Å²) in [5.74, 6) is 2.07.